The van der Waals surface area contributed by atoms with Crippen molar-refractivity contribution >= 4 is 23.2 Å². The smallest absolute Gasteiger partial charge is 0.254 e. The minimum absolute atomic E-state index is 0.394. The van der Waals surface area contributed by atoms with Crippen LogP contribution in [0.2, 0.25) is 0 Å². The minimum Gasteiger partial charge on any atom is -0.352 e. The van der Waals surface area contributed by atoms with E-state index in [0.29, 0.717) is 17.7 Å². The molecule has 1 unspecified atom stereocenters. The molecule has 6 heteroatoms. The lowest BCUT2D eigenvalue weighted by atomic mass is 10.2. The summed E-state index contributed by atoms with van der Waals surface area (Å²) in [7, 11) is 0. The lowest BCUT2D eigenvalue weighted by Crippen LogP contribution is -2.32. The summed E-state index contributed by atoms with van der Waals surface area (Å²) in [5.41, 5.74) is 0.959. The number of halogens is 1. The van der Waals surface area contributed by atoms with Crippen molar-refractivity contribution in [1.82, 2.24) is 19.6 Å². The zero-order chi connectivity index (χ0) is 11.8. The Labute approximate surface area is 104 Å². The van der Waals surface area contributed by atoms with Gasteiger partial charge >= 0.3 is 0 Å². The predicted molar refractivity (Wildman–Crippen MR) is 66.6 cm³/mol. The molecule has 3 rings (SSSR count). The van der Waals surface area contributed by atoms with Crippen LogP contribution in [0.1, 0.15) is 18.5 Å². The highest BCUT2D eigenvalue weighted by molar-refractivity contribution is 6.18. The maximum absolute atomic E-state index is 6.01. The second kappa shape index (κ2) is 4.14. The molecule has 1 aliphatic heterocycles. The van der Waals surface area contributed by atoms with Crippen molar-refractivity contribution in [2.45, 2.75) is 25.8 Å². The molecule has 0 radical (unpaired) electrons. The molecule has 0 spiro atoms. The average molecular weight is 252 g/mol. The van der Waals surface area contributed by atoms with Crippen molar-refractivity contribution < 1.29 is 0 Å². The molecular formula is C11H14ClN5. The van der Waals surface area contributed by atoms with Gasteiger partial charge in [0.25, 0.3) is 5.78 Å². The molecule has 1 atom stereocenters. The number of aromatic nitrogens is 4. The summed E-state index contributed by atoms with van der Waals surface area (Å²) >= 11 is 6.01. The van der Waals surface area contributed by atoms with E-state index in [-0.39, 0.29) is 0 Å². The van der Waals surface area contributed by atoms with Crippen LogP contribution in [-0.4, -0.2) is 38.0 Å². The van der Waals surface area contributed by atoms with Gasteiger partial charge in [-0.25, -0.2) is 4.98 Å². The predicted octanol–water partition coefficient (Wildman–Crippen LogP) is 1.64. The fraction of sp³-hybridized carbons (Fsp3) is 0.545. The van der Waals surface area contributed by atoms with Crippen molar-refractivity contribution in [3.8, 4) is 0 Å². The maximum Gasteiger partial charge on any atom is 0.254 e. The second-order valence-corrected chi connectivity index (χ2v) is 4.68. The van der Waals surface area contributed by atoms with Crippen LogP contribution in [0, 0.1) is 6.92 Å². The molecule has 0 N–H and O–H groups in total. The van der Waals surface area contributed by atoms with Gasteiger partial charge < -0.3 is 4.90 Å². The molecule has 3 heterocycles. The summed E-state index contributed by atoms with van der Waals surface area (Å²) in [6.45, 7) is 3.00. The van der Waals surface area contributed by atoms with Gasteiger partial charge in [0, 0.05) is 30.2 Å². The van der Waals surface area contributed by atoms with Crippen LogP contribution in [0.5, 0.6) is 0 Å². The summed E-state index contributed by atoms with van der Waals surface area (Å²) < 4.78 is 1.79. The lowest BCUT2D eigenvalue weighted by Gasteiger charge is -2.25. The first kappa shape index (κ1) is 10.8. The van der Waals surface area contributed by atoms with Gasteiger partial charge in [0.1, 0.15) is 12.1 Å². The summed E-state index contributed by atoms with van der Waals surface area (Å²) in [6.07, 6.45) is 3.85. The average Bonchev–Trinajstić information content (AvgIpc) is 2.95. The number of aryl methyl sites for hydroxylation is 1. The van der Waals surface area contributed by atoms with E-state index in [9.17, 15) is 0 Å². The Kier molecular flexibility index (Phi) is 2.63. The molecule has 90 valence electrons. The number of fused-ring (bicyclic) bond motifs is 1. The van der Waals surface area contributed by atoms with Crippen LogP contribution in [0.3, 0.4) is 0 Å². The van der Waals surface area contributed by atoms with Gasteiger partial charge in [-0.1, -0.05) is 0 Å². The fourth-order valence-electron chi connectivity index (χ4n) is 2.41. The van der Waals surface area contributed by atoms with Gasteiger partial charge in [-0.05, 0) is 19.8 Å². The Morgan fingerprint density at radius 1 is 1.53 bits per heavy atom. The zero-order valence-electron chi connectivity index (χ0n) is 9.67. The highest BCUT2D eigenvalue weighted by Crippen LogP contribution is 2.26. The van der Waals surface area contributed by atoms with Crippen molar-refractivity contribution in [2.24, 2.45) is 0 Å². The Bertz CT molecular complexity index is 538. The quantitative estimate of drug-likeness (QED) is 0.762. The van der Waals surface area contributed by atoms with Crippen LogP contribution in [-0.2, 0) is 0 Å². The van der Waals surface area contributed by atoms with E-state index >= 15 is 0 Å². The fourth-order valence-corrected chi connectivity index (χ4v) is 2.73. The number of nitrogens with zero attached hydrogens (tertiary/aromatic N) is 5. The van der Waals surface area contributed by atoms with E-state index in [1.165, 1.54) is 12.7 Å². The third-order valence-electron chi connectivity index (χ3n) is 3.21. The monoisotopic (exact) mass is 251 g/mol. The van der Waals surface area contributed by atoms with Gasteiger partial charge in [0.05, 0.1) is 0 Å². The molecule has 1 fully saturated rings. The van der Waals surface area contributed by atoms with Crippen molar-refractivity contribution in [1.29, 1.82) is 0 Å². The summed E-state index contributed by atoms with van der Waals surface area (Å²) in [5, 5.41) is 4.23. The van der Waals surface area contributed by atoms with Crippen molar-refractivity contribution in [3.63, 3.8) is 0 Å². The number of anilines is 1. The highest BCUT2D eigenvalue weighted by atomic mass is 35.5. The standard InChI is InChI=1S/C11H14ClN5/c1-8-5-10(16-4-2-3-9(16)6-12)17-11(15-8)13-7-14-17/h5,7,9H,2-4,6H2,1H3. The normalized spacial score (nSPS) is 20.4. The van der Waals surface area contributed by atoms with E-state index in [2.05, 4.69) is 20.0 Å². The number of rotatable bonds is 2. The van der Waals surface area contributed by atoms with E-state index in [1.807, 2.05) is 13.0 Å². The molecule has 0 amide bonds. The third kappa shape index (κ3) is 1.74. The van der Waals surface area contributed by atoms with Crippen molar-refractivity contribution in [2.75, 3.05) is 17.3 Å². The van der Waals surface area contributed by atoms with Crippen molar-refractivity contribution in [3.05, 3.63) is 18.1 Å². The molecule has 0 saturated carbocycles. The van der Waals surface area contributed by atoms with Crippen LogP contribution >= 0.6 is 11.6 Å². The minimum atomic E-state index is 0.394. The summed E-state index contributed by atoms with van der Waals surface area (Å²) in [5.74, 6) is 2.35. The SMILES string of the molecule is Cc1cc(N2CCCC2CCl)n2ncnc2n1. The zero-order valence-corrected chi connectivity index (χ0v) is 10.4. The Morgan fingerprint density at radius 3 is 3.24 bits per heavy atom. The Morgan fingerprint density at radius 2 is 2.41 bits per heavy atom. The Hall–Kier alpha value is -1.36. The molecule has 2 aromatic rings. The lowest BCUT2D eigenvalue weighted by molar-refractivity contribution is 0.717. The molecule has 0 aliphatic carbocycles. The van der Waals surface area contributed by atoms with E-state index in [4.69, 9.17) is 11.6 Å². The van der Waals surface area contributed by atoms with E-state index in [0.717, 1.165) is 24.5 Å². The first-order valence-electron chi connectivity index (χ1n) is 5.79. The van der Waals surface area contributed by atoms with Gasteiger partial charge in [0.2, 0.25) is 0 Å². The van der Waals surface area contributed by atoms with Gasteiger partial charge in [-0.3, -0.25) is 0 Å². The molecule has 0 bridgehead atoms. The first-order valence-corrected chi connectivity index (χ1v) is 6.33. The number of alkyl halides is 1. The number of hydrogen-bond acceptors (Lipinski definition) is 4. The van der Waals surface area contributed by atoms with Crippen LogP contribution < -0.4 is 4.90 Å². The second-order valence-electron chi connectivity index (χ2n) is 4.37. The van der Waals surface area contributed by atoms with Gasteiger partial charge in [-0.2, -0.15) is 14.6 Å². The van der Waals surface area contributed by atoms with Crippen LogP contribution in [0.4, 0.5) is 5.82 Å². The van der Waals surface area contributed by atoms with Crippen LogP contribution in [0.15, 0.2) is 12.4 Å². The highest BCUT2D eigenvalue weighted by Gasteiger charge is 2.26. The third-order valence-corrected chi connectivity index (χ3v) is 3.57. The molecule has 5 nitrogen and oxygen atoms in total. The largest absolute Gasteiger partial charge is 0.352 e. The topological polar surface area (TPSA) is 46.3 Å². The van der Waals surface area contributed by atoms with Crippen LogP contribution in [0.25, 0.3) is 5.78 Å². The molecule has 2 aromatic heterocycles. The van der Waals surface area contributed by atoms with E-state index in [1.54, 1.807) is 4.52 Å². The molecule has 1 saturated heterocycles. The van der Waals surface area contributed by atoms with Gasteiger partial charge in [0.15, 0.2) is 0 Å². The maximum atomic E-state index is 6.01. The molecule has 17 heavy (non-hydrogen) atoms. The molecule has 1 aliphatic rings. The summed E-state index contributed by atoms with van der Waals surface area (Å²) in [4.78, 5) is 10.8. The molecular weight excluding hydrogens is 238 g/mol. The Balaban J connectivity index is 2.12. The number of hydrogen-bond donors (Lipinski definition) is 0. The van der Waals surface area contributed by atoms with Gasteiger partial charge in [-0.15, -0.1) is 11.6 Å². The molecule has 0 aromatic carbocycles. The first-order chi connectivity index (χ1) is 8.29. The summed E-state index contributed by atoms with van der Waals surface area (Å²) in [6, 6.07) is 2.44. The van der Waals surface area contributed by atoms with E-state index < -0.39 is 0 Å².